The Labute approximate surface area is 84.9 Å². The van der Waals surface area contributed by atoms with Crippen LogP contribution in [0.15, 0.2) is 18.2 Å². The quantitative estimate of drug-likeness (QED) is 0.793. The fourth-order valence-corrected chi connectivity index (χ4v) is 1.49. The van der Waals surface area contributed by atoms with Gasteiger partial charge in [-0.25, -0.2) is 0 Å². The summed E-state index contributed by atoms with van der Waals surface area (Å²) in [5.41, 5.74) is 8.15. The highest BCUT2D eigenvalue weighted by atomic mass is 35.5. The van der Waals surface area contributed by atoms with Crippen LogP contribution in [0.3, 0.4) is 0 Å². The minimum atomic E-state index is 0.247. The number of rotatable bonds is 3. The molecule has 0 fully saturated rings. The molecule has 0 aliphatic rings. The Balaban J connectivity index is 2.70. The number of aryl methyl sites for hydroxylation is 2. The number of nitrogens with two attached hydrogens (primary N) is 1. The molecule has 1 rings (SSSR count). The third-order valence-electron chi connectivity index (χ3n) is 2.07. The van der Waals surface area contributed by atoms with E-state index in [1.165, 1.54) is 11.1 Å². The van der Waals surface area contributed by atoms with Crippen LogP contribution in [0.2, 0.25) is 5.02 Å². The van der Waals surface area contributed by atoms with Gasteiger partial charge in [-0.1, -0.05) is 29.3 Å². The van der Waals surface area contributed by atoms with E-state index in [0.29, 0.717) is 0 Å². The molecule has 0 saturated carbocycles. The van der Waals surface area contributed by atoms with Gasteiger partial charge in [-0.05, 0) is 38.3 Å². The predicted octanol–water partition coefficient (Wildman–Crippen LogP) is 2.93. The van der Waals surface area contributed by atoms with Gasteiger partial charge in [-0.15, -0.1) is 0 Å². The number of halogens is 1. The van der Waals surface area contributed by atoms with Crippen LogP contribution in [-0.4, -0.2) is 6.04 Å². The highest BCUT2D eigenvalue weighted by Crippen LogP contribution is 2.19. The maximum Gasteiger partial charge on any atom is 0.0438 e. The first-order valence-corrected chi connectivity index (χ1v) is 4.98. The number of hydrogen-bond donors (Lipinski definition) is 1. The molecule has 1 nitrogen and oxygen atoms in total. The van der Waals surface area contributed by atoms with E-state index in [1.807, 2.05) is 19.1 Å². The highest BCUT2D eigenvalue weighted by Gasteiger charge is 2.01. The standard InChI is InChI=1S/C11H16ClN/c1-8-3-6-11(12)10(7-8)5-4-9(2)13/h3,6-7,9H,4-5,13H2,1-2H3/t9-/m0/s1. The van der Waals surface area contributed by atoms with Gasteiger partial charge >= 0.3 is 0 Å². The zero-order valence-corrected chi connectivity index (χ0v) is 8.93. The Hall–Kier alpha value is -0.530. The lowest BCUT2D eigenvalue weighted by atomic mass is 10.0. The van der Waals surface area contributed by atoms with Gasteiger partial charge in [-0.3, -0.25) is 0 Å². The van der Waals surface area contributed by atoms with Crippen LogP contribution in [-0.2, 0) is 6.42 Å². The van der Waals surface area contributed by atoms with Gasteiger partial charge in [0.05, 0.1) is 0 Å². The molecule has 1 atom stereocenters. The molecule has 0 bridgehead atoms. The molecule has 2 N–H and O–H groups in total. The molecule has 1 aromatic carbocycles. The number of benzene rings is 1. The Morgan fingerprint density at radius 2 is 2.15 bits per heavy atom. The average Bonchev–Trinajstić information content (AvgIpc) is 2.06. The van der Waals surface area contributed by atoms with Gasteiger partial charge in [0.25, 0.3) is 0 Å². The second-order valence-corrected chi connectivity index (χ2v) is 4.02. The maximum absolute atomic E-state index is 6.04. The third kappa shape index (κ3) is 3.37. The smallest absolute Gasteiger partial charge is 0.0438 e. The van der Waals surface area contributed by atoms with Crippen molar-refractivity contribution in [1.29, 1.82) is 0 Å². The van der Waals surface area contributed by atoms with E-state index in [0.717, 1.165) is 17.9 Å². The van der Waals surface area contributed by atoms with E-state index in [-0.39, 0.29) is 6.04 Å². The average molecular weight is 198 g/mol. The fourth-order valence-electron chi connectivity index (χ4n) is 1.28. The van der Waals surface area contributed by atoms with Crippen LogP contribution in [0.25, 0.3) is 0 Å². The lowest BCUT2D eigenvalue weighted by Gasteiger charge is -2.07. The van der Waals surface area contributed by atoms with Crippen molar-refractivity contribution in [3.8, 4) is 0 Å². The summed E-state index contributed by atoms with van der Waals surface area (Å²) in [5.74, 6) is 0. The first kappa shape index (κ1) is 10.6. The molecular formula is C11H16ClN. The summed E-state index contributed by atoms with van der Waals surface area (Å²) in [5, 5.41) is 0.853. The lowest BCUT2D eigenvalue weighted by molar-refractivity contribution is 0.666. The molecule has 0 aliphatic heterocycles. The summed E-state index contributed by atoms with van der Waals surface area (Å²) in [6, 6.07) is 6.35. The maximum atomic E-state index is 6.04. The Bertz CT molecular complexity index is 281. The summed E-state index contributed by atoms with van der Waals surface area (Å²) in [7, 11) is 0. The SMILES string of the molecule is Cc1ccc(Cl)c(CC[C@H](C)N)c1. The van der Waals surface area contributed by atoms with Gasteiger partial charge in [0, 0.05) is 11.1 Å². The topological polar surface area (TPSA) is 26.0 Å². The van der Waals surface area contributed by atoms with E-state index in [1.54, 1.807) is 0 Å². The van der Waals surface area contributed by atoms with Gasteiger partial charge in [-0.2, -0.15) is 0 Å². The second kappa shape index (κ2) is 4.64. The summed E-state index contributed by atoms with van der Waals surface area (Å²) >= 11 is 6.04. The van der Waals surface area contributed by atoms with Crippen LogP contribution in [0, 0.1) is 6.92 Å². The molecule has 0 heterocycles. The Morgan fingerprint density at radius 3 is 2.77 bits per heavy atom. The molecule has 0 spiro atoms. The van der Waals surface area contributed by atoms with Gasteiger partial charge < -0.3 is 5.73 Å². The zero-order chi connectivity index (χ0) is 9.84. The second-order valence-electron chi connectivity index (χ2n) is 3.61. The van der Waals surface area contributed by atoms with Crippen LogP contribution >= 0.6 is 11.6 Å². The van der Waals surface area contributed by atoms with Crippen LogP contribution in [0.4, 0.5) is 0 Å². The lowest BCUT2D eigenvalue weighted by Crippen LogP contribution is -2.15. The van der Waals surface area contributed by atoms with Crippen molar-refractivity contribution in [3.63, 3.8) is 0 Å². The molecule has 0 aliphatic carbocycles. The largest absolute Gasteiger partial charge is 0.328 e. The zero-order valence-electron chi connectivity index (χ0n) is 8.18. The fraction of sp³-hybridized carbons (Fsp3) is 0.455. The molecule has 0 aromatic heterocycles. The summed E-state index contributed by atoms with van der Waals surface area (Å²) in [6.45, 7) is 4.09. The van der Waals surface area contributed by atoms with Gasteiger partial charge in [0.15, 0.2) is 0 Å². The first-order valence-electron chi connectivity index (χ1n) is 4.60. The van der Waals surface area contributed by atoms with E-state index >= 15 is 0 Å². The molecule has 0 radical (unpaired) electrons. The molecule has 2 heteroatoms. The van der Waals surface area contributed by atoms with Crippen molar-refractivity contribution < 1.29 is 0 Å². The molecule has 13 heavy (non-hydrogen) atoms. The third-order valence-corrected chi connectivity index (χ3v) is 2.44. The van der Waals surface area contributed by atoms with Crippen molar-refractivity contribution in [3.05, 3.63) is 34.3 Å². The molecule has 0 amide bonds. The minimum absolute atomic E-state index is 0.247. The highest BCUT2D eigenvalue weighted by molar-refractivity contribution is 6.31. The van der Waals surface area contributed by atoms with Crippen molar-refractivity contribution in [2.24, 2.45) is 5.73 Å². The van der Waals surface area contributed by atoms with Crippen molar-refractivity contribution in [2.75, 3.05) is 0 Å². The van der Waals surface area contributed by atoms with Crippen molar-refractivity contribution in [1.82, 2.24) is 0 Å². The van der Waals surface area contributed by atoms with E-state index in [9.17, 15) is 0 Å². The summed E-state index contributed by atoms with van der Waals surface area (Å²) in [6.07, 6.45) is 1.96. The van der Waals surface area contributed by atoms with Crippen molar-refractivity contribution in [2.45, 2.75) is 32.7 Å². The van der Waals surface area contributed by atoms with E-state index in [2.05, 4.69) is 13.0 Å². The van der Waals surface area contributed by atoms with E-state index < -0.39 is 0 Å². The molecule has 1 aromatic rings. The first-order chi connectivity index (χ1) is 6.09. The summed E-state index contributed by atoms with van der Waals surface area (Å²) in [4.78, 5) is 0. The monoisotopic (exact) mass is 197 g/mol. The van der Waals surface area contributed by atoms with Gasteiger partial charge in [0.1, 0.15) is 0 Å². The van der Waals surface area contributed by atoms with Gasteiger partial charge in [0.2, 0.25) is 0 Å². The minimum Gasteiger partial charge on any atom is -0.328 e. The summed E-state index contributed by atoms with van der Waals surface area (Å²) < 4.78 is 0. The number of hydrogen-bond acceptors (Lipinski definition) is 1. The van der Waals surface area contributed by atoms with Crippen LogP contribution in [0.5, 0.6) is 0 Å². The molecule has 0 unspecified atom stereocenters. The van der Waals surface area contributed by atoms with Crippen LogP contribution < -0.4 is 5.73 Å². The molecule has 72 valence electrons. The van der Waals surface area contributed by atoms with Crippen molar-refractivity contribution >= 4 is 11.6 Å². The molecule has 0 saturated heterocycles. The Morgan fingerprint density at radius 1 is 1.46 bits per heavy atom. The van der Waals surface area contributed by atoms with Crippen LogP contribution in [0.1, 0.15) is 24.5 Å². The van der Waals surface area contributed by atoms with E-state index in [4.69, 9.17) is 17.3 Å². The normalized spacial score (nSPS) is 12.9. The Kier molecular flexibility index (Phi) is 3.76. The predicted molar refractivity (Wildman–Crippen MR) is 58.2 cm³/mol. The molecular weight excluding hydrogens is 182 g/mol.